The standard InChI is InChI=1S/C14H12BrClO4S/c1-19-13-5-3-2-4-10(13)9-20-14-7-6-11(8-12(14)15)21(16,17)18/h2-8H,9H2,1H3. The summed E-state index contributed by atoms with van der Waals surface area (Å²) in [7, 11) is 3.13. The van der Waals surface area contributed by atoms with Crippen molar-refractivity contribution in [2.45, 2.75) is 11.5 Å². The summed E-state index contributed by atoms with van der Waals surface area (Å²) < 4.78 is 33.9. The van der Waals surface area contributed by atoms with Crippen LogP contribution in [0, 0.1) is 0 Å². The van der Waals surface area contributed by atoms with Crippen LogP contribution in [0.15, 0.2) is 51.8 Å². The molecule has 2 aromatic carbocycles. The molecule has 21 heavy (non-hydrogen) atoms. The van der Waals surface area contributed by atoms with Crippen LogP contribution in [0.4, 0.5) is 0 Å². The fourth-order valence-corrected chi connectivity index (χ4v) is 3.15. The van der Waals surface area contributed by atoms with Crippen LogP contribution in [0.5, 0.6) is 11.5 Å². The first-order valence-electron chi connectivity index (χ1n) is 5.90. The van der Waals surface area contributed by atoms with Crippen molar-refractivity contribution in [3.8, 4) is 11.5 Å². The molecule has 0 aliphatic carbocycles. The van der Waals surface area contributed by atoms with E-state index in [1.165, 1.54) is 12.1 Å². The van der Waals surface area contributed by atoms with Gasteiger partial charge < -0.3 is 9.47 Å². The van der Waals surface area contributed by atoms with Gasteiger partial charge in [-0.3, -0.25) is 0 Å². The van der Waals surface area contributed by atoms with Crippen molar-refractivity contribution in [1.82, 2.24) is 0 Å². The minimum absolute atomic E-state index is 0.0145. The van der Waals surface area contributed by atoms with Crippen LogP contribution < -0.4 is 9.47 Å². The highest BCUT2D eigenvalue weighted by molar-refractivity contribution is 9.10. The number of para-hydroxylation sites is 1. The van der Waals surface area contributed by atoms with E-state index in [1.807, 2.05) is 24.3 Å². The van der Waals surface area contributed by atoms with Gasteiger partial charge in [-0.15, -0.1) is 0 Å². The predicted molar refractivity (Wildman–Crippen MR) is 84.5 cm³/mol. The van der Waals surface area contributed by atoms with Gasteiger partial charge in [-0.1, -0.05) is 18.2 Å². The summed E-state index contributed by atoms with van der Waals surface area (Å²) in [5.74, 6) is 1.25. The van der Waals surface area contributed by atoms with Gasteiger partial charge in [0, 0.05) is 16.2 Å². The molecule has 0 atom stereocenters. The Bertz CT molecular complexity index is 746. The van der Waals surface area contributed by atoms with Gasteiger partial charge in [0.25, 0.3) is 9.05 Å². The zero-order chi connectivity index (χ0) is 15.5. The lowest BCUT2D eigenvalue weighted by atomic mass is 10.2. The second-order valence-electron chi connectivity index (χ2n) is 4.13. The molecule has 0 N–H and O–H groups in total. The van der Waals surface area contributed by atoms with E-state index < -0.39 is 9.05 Å². The summed E-state index contributed by atoms with van der Waals surface area (Å²) in [6.07, 6.45) is 0. The predicted octanol–water partition coefficient (Wildman–Crippen LogP) is 3.96. The largest absolute Gasteiger partial charge is 0.496 e. The van der Waals surface area contributed by atoms with E-state index in [4.69, 9.17) is 20.2 Å². The molecule has 0 aliphatic rings. The van der Waals surface area contributed by atoms with Gasteiger partial charge in [-0.05, 0) is 40.2 Å². The molecule has 0 saturated carbocycles. The third-order valence-electron chi connectivity index (χ3n) is 2.76. The number of ether oxygens (including phenoxy) is 2. The third kappa shape index (κ3) is 4.12. The fraction of sp³-hybridized carbons (Fsp3) is 0.143. The quantitative estimate of drug-likeness (QED) is 0.724. The summed E-state index contributed by atoms with van der Waals surface area (Å²) in [4.78, 5) is 0.0145. The average molecular weight is 392 g/mol. The molecule has 0 unspecified atom stereocenters. The van der Waals surface area contributed by atoms with Crippen LogP contribution >= 0.6 is 26.6 Å². The second-order valence-corrected chi connectivity index (χ2v) is 7.55. The number of methoxy groups -OCH3 is 1. The van der Waals surface area contributed by atoms with Crippen molar-refractivity contribution in [3.05, 3.63) is 52.5 Å². The van der Waals surface area contributed by atoms with Gasteiger partial charge in [0.15, 0.2) is 0 Å². The Morgan fingerprint density at radius 2 is 1.86 bits per heavy atom. The molecule has 7 heteroatoms. The Kier molecular flexibility index (Phi) is 5.13. The van der Waals surface area contributed by atoms with Gasteiger partial charge in [0.2, 0.25) is 0 Å². The minimum Gasteiger partial charge on any atom is -0.496 e. The van der Waals surface area contributed by atoms with Crippen LogP contribution in [0.25, 0.3) is 0 Å². The summed E-state index contributed by atoms with van der Waals surface area (Å²) in [6, 6.07) is 11.8. The number of hydrogen-bond acceptors (Lipinski definition) is 4. The number of benzene rings is 2. The minimum atomic E-state index is -3.75. The Morgan fingerprint density at radius 3 is 2.48 bits per heavy atom. The number of hydrogen-bond donors (Lipinski definition) is 0. The van der Waals surface area contributed by atoms with Crippen LogP contribution in [-0.4, -0.2) is 15.5 Å². The first-order chi connectivity index (χ1) is 9.91. The van der Waals surface area contributed by atoms with Crippen molar-refractivity contribution >= 4 is 35.7 Å². The molecule has 0 radical (unpaired) electrons. The fourth-order valence-electron chi connectivity index (χ4n) is 1.73. The SMILES string of the molecule is COc1ccccc1COc1ccc(S(=O)(=O)Cl)cc1Br. The topological polar surface area (TPSA) is 52.6 Å². The van der Waals surface area contributed by atoms with Crippen LogP contribution in [0.3, 0.4) is 0 Å². The summed E-state index contributed by atoms with van der Waals surface area (Å²) in [6.45, 7) is 0.301. The molecule has 0 fully saturated rings. The number of halogens is 2. The lowest BCUT2D eigenvalue weighted by Gasteiger charge is -2.11. The molecule has 2 aromatic rings. The van der Waals surface area contributed by atoms with E-state index in [0.29, 0.717) is 16.8 Å². The van der Waals surface area contributed by atoms with Gasteiger partial charge in [-0.2, -0.15) is 0 Å². The zero-order valence-corrected chi connectivity index (χ0v) is 14.2. The van der Waals surface area contributed by atoms with Crippen molar-refractivity contribution in [1.29, 1.82) is 0 Å². The Hall–Kier alpha value is -1.24. The maximum absolute atomic E-state index is 11.2. The van der Waals surface area contributed by atoms with E-state index >= 15 is 0 Å². The maximum Gasteiger partial charge on any atom is 0.261 e. The Morgan fingerprint density at radius 1 is 1.14 bits per heavy atom. The van der Waals surface area contributed by atoms with Crippen LogP contribution in [0.2, 0.25) is 0 Å². The van der Waals surface area contributed by atoms with E-state index in [-0.39, 0.29) is 4.90 Å². The first kappa shape index (κ1) is 16.1. The van der Waals surface area contributed by atoms with Crippen LogP contribution in [-0.2, 0) is 15.7 Å². The van der Waals surface area contributed by atoms with Gasteiger partial charge in [0.05, 0.1) is 16.5 Å². The normalized spacial score (nSPS) is 11.2. The molecule has 2 rings (SSSR count). The lowest BCUT2D eigenvalue weighted by Crippen LogP contribution is -1.99. The highest BCUT2D eigenvalue weighted by Crippen LogP contribution is 2.30. The molecule has 0 amide bonds. The van der Waals surface area contributed by atoms with Crippen LogP contribution in [0.1, 0.15) is 5.56 Å². The van der Waals surface area contributed by atoms with Gasteiger partial charge in [0.1, 0.15) is 18.1 Å². The molecule has 0 bridgehead atoms. The molecule has 0 saturated heterocycles. The summed E-state index contributed by atoms with van der Waals surface area (Å²) in [5, 5.41) is 0. The highest BCUT2D eigenvalue weighted by atomic mass is 79.9. The first-order valence-corrected chi connectivity index (χ1v) is 9.01. The molecule has 0 spiro atoms. The number of rotatable bonds is 5. The van der Waals surface area contributed by atoms with Crippen molar-refractivity contribution in [3.63, 3.8) is 0 Å². The molecule has 0 heterocycles. The molecule has 0 aliphatic heterocycles. The average Bonchev–Trinajstić information content (AvgIpc) is 2.45. The summed E-state index contributed by atoms with van der Waals surface area (Å²) >= 11 is 3.27. The monoisotopic (exact) mass is 390 g/mol. The summed E-state index contributed by atoms with van der Waals surface area (Å²) in [5.41, 5.74) is 0.890. The second kappa shape index (κ2) is 6.68. The van der Waals surface area contributed by atoms with Gasteiger partial charge in [-0.25, -0.2) is 8.42 Å². The molecule has 112 valence electrons. The van der Waals surface area contributed by atoms with E-state index in [1.54, 1.807) is 13.2 Å². The molecular formula is C14H12BrClO4S. The Labute approximate surface area is 136 Å². The van der Waals surface area contributed by atoms with E-state index in [9.17, 15) is 8.42 Å². The smallest absolute Gasteiger partial charge is 0.261 e. The third-order valence-corrected chi connectivity index (χ3v) is 4.73. The Balaban J connectivity index is 2.17. The highest BCUT2D eigenvalue weighted by Gasteiger charge is 2.13. The van der Waals surface area contributed by atoms with E-state index in [2.05, 4.69) is 15.9 Å². The van der Waals surface area contributed by atoms with E-state index in [0.717, 1.165) is 11.3 Å². The van der Waals surface area contributed by atoms with Gasteiger partial charge >= 0.3 is 0 Å². The molecular weight excluding hydrogens is 380 g/mol. The maximum atomic E-state index is 11.2. The zero-order valence-electron chi connectivity index (χ0n) is 11.0. The van der Waals surface area contributed by atoms with Crippen molar-refractivity contribution in [2.75, 3.05) is 7.11 Å². The van der Waals surface area contributed by atoms with Crippen molar-refractivity contribution in [2.24, 2.45) is 0 Å². The van der Waals surface area contributed by atoms with Crippen molar-refractivity contribution < 1.29 is 17.9 Å². The molecule has 0 aromatic heterocycles. The molecule has 4 nitrogen and oxygen atoms in total. The lowest BCUT2D eigenvalue weighted by molar-refractivity contribution is 0.294.